The van der Waals surface area contributed by atoms with Crippen LogP contribution < -0.4 is 5.32 Å². The first-order valence-electron chi connectivity index (χ1n) is 8.04. The quantitative estimate of drug-likeness (QED) is 0.416. The fourth-order valence-electron chi connectivity index (χ4n) is 2.70. The molecule has 0 saturated carbocycles. The van der Waals surface area contributed by atoms with Gasteiger partial charge in [0.2, 0.25) is 0 Å². The lowest BCUT2D eigenvalue weighted by Gasteiger charge is -2.14. The van der Waals surface area contributed by atoms with Gasteiger partial charge in [-0.05, 0) is 35.4 Å². The SMILES string of the molecule is [C-]#[N+]c1ccc(-c2ccc(F)cc2C(=O)Nc2ccccc2)cc1C(F)(F)F. The van der Waals surface area contributed by atoms with Crippen LogP contribution in [0.4, 0.5) is 28.9 Å². The van der Waals surface area contributed by atoms with Gasteiger partial charge in [0.05, 0.1) is 17.7 Å². The Hall–Kier alpha value is -3.66. The third kappa shape index (κ3) is 4.01. The van der Waals surface area contributed by atoms with Crippen LogP contribution in [0.5, 0.6) is 0 Å². The van der Waals surface area contributed by atoms with Crippen LogP contribution in [0, 0.1) is 12.4 Å². The Bertz CT molecular complexity index is 1070. The van der Waals surface area contributed by atoms with Gasteiger partial charge in [0, 0.05) is 5.69 Å². The third-order valence-corrected chi connectivity index (χ3v) is 3.99. The predicted octanol–water partition coefficient (Wildman–Crippen LogP) is 6.31. The zero-order chi connectivity index (χ0) is 20.3. The highest BCUT2D eigenvalue weighted by molar-refractivity contribution is 6.08. The number of anilines is 1. The van der Waals surface area contributed by atoms with E-state index >= 15 is 0 Å². The Morgan fingerprint density at radius 1 is 0.964 bits per heavy atom. The van der Waals surface area contributed by atoms with Crippen molar-refractivity contribution in [1.82, 2.24) is 0 Å². The summed E-state index contributed by atoms with van der Waals surface area (Å²) < 4.78 is 53.5. The van der Waals surface area contributed by atoms with E-state index < -0.39 is 29.2 Å². The van der Waals surface area contributed by atoms with Crippen molar-refractivity contribution in [3.63, 3.8) is 0 Å². The maximum Gasteiger partial charge on any atom is 0.407 e. The number of para-hydroxylation sites is 1. The molecule has 1 N–H and O–H groups in total. The summed E-state index contributed by atoms with van der Waals surface area (Å²) in [5.74, 6) is -1.36. The Balaban J connectivity index is 2.09. The second-order valence-electron chi connectivity index (χ2n) is 5.85. The molecule has 0 radical (unpaired) electrons. The standard InChI is InChI=1S/C21H12F4N2O/c1-26-19-10-7-13(11-18(19)21(23,24)25)16-9-8-14(22)12-17(16)20(28)27-15-5-3-2-4-6-15/h2-12H,(H,27,28). The average molecular weight is 384 g/mol. The molecular formula is C21H12F4N2O. The smallest absolute Gasteiger partial charge is 0.322 e. The molecule has 0 saturated heterocycles. The van der Waals surface area contributed by atoms with Gasteiger partial charge in [-0.3, -0.25) is 4.79 Å². The molecule has 0 aliphatic carbocycles. The molecule has 3 aromatic carbocycles. The fraction of sp³-hybridized carbons (Fsp3) is 0.0476. The minimum atomic E-state index is -4.73. The van der Waals surface area contributed by atoms with Crippen molar-refractivity contribution >= 4 is 17.3 Å². The summed E-state index contributed by atoms with van der Waals surface area (Å²) in [4.78, 5) is 15.5. The lowest BCUT2D eigenvalue weighted by molar-refractivity contribution is -0.136. The normalized spacial score (nSPS) is 11.0. The van der Waals surface area contributed by atoms with E-state index in [0.717, 1.165) is 24.3 Å². The molecule has 0 aromatic heterocycles. The highest BCUT2D eigenvalue weighted by Gasteiger charge is 2.34. The topological polar surface area (TPSA) is 33.5 Å². The molecule has 140 valence electrons. The van der Waals surface area contributed by atoms with Gasteiger partial charge >= 0.3 is 6.18 Å². The van der Waals surface area contributed by atoms with Crippen LogP contribution in [0.1, 0.15) is 15.9 Å². The number of rotatable bonds is 3. The number of carbonyl (C=O) groups is 1. The van der Waals surface area contributed by atoms with Crippen LogP contribution in [0.2, 0.25) is 0 Å². The van der Waals surface area contributed by atoms with Crippen molar-refractivity contribution in [2.24, 2.45) is 0 Å². The largest absolute Gasteiger partial charge is 0.407 e. The molecular weight excluding hydrogens is 372 g/mol. The third-order valence-electron chi connectivity index (χ3n) is 3.99. The maximum absolute atomic E-state index is 13.7. The molecule has 1 amide bonds. The lowest BCUT2D eigenvalue weighted by Crippen LogP contribution is -2.13. The number of nitrogens with one attached hydrogen (secondary N) is 1. The highest BCUT2D eigenvalue weighted by atomic mass is 19.4. The number of alkyl halides is 3. The molecule has 28 heavy (non-hydrogen) atoms. The van der Waals surface area contributed by atoms with Gasteiger partial charge in [0.15, 0.2) is 5.69 Å². The zero-order valence-electron chi connectivity index (χ0n) is 14.2. The Labute approximate surface area is 158 Å². The number of hydrogen-bond acceptors (Lipinski definition) is 1. The average Bonchev–Trinajstić information content (AvgIpc) is 2.67. The van der Waals surface area contributed by atoms with E-state index in [1.807, 2.05) is 0 Å². The second-order valence-corrected chi connectivity index (χ2v) is 5.85. The number of amides is 1. The van der Waals surface area contributed by atoms with Crippen LogP contribution >= 0.6 is 0 Å². The van der Waals surface area contributed by atoms with Crippen LogP contribution in [-0.4, -0.2) is 5.91 Å². The molecule has 3 rings (SSSR count). The van der Waals surface area contributed by atoms with E-state index in [1.165, 1.54) is 12.1 Å². The monoisotopic (exact) mass is 384 g/mol. The van der Waals surface area contributed by atoms with Crippen molar-refractivity contribution in [3.8, 4) is 11.1 Å². The summed E-state index contributed by atoms with van der Waals surface area (Å²) in [6.07, 6.45) is -4.73. The number of halogens is 4. The molecule has 0 unspecified atom stereocenters. The minimum absolute atomic E-state index is 0.0536. The first-order valence-corrected chi connectivity index (χ1v) is 8.04. The number of hydrogen-bond donors (Lipinski definition) is 1. The molecule has 0 atom stereocenters. The molecule has 3 nitrogen and oxygen atoms in total. The van der Waals surface area contributed by atoms with Crippen molar-refractivity contribution in [2.45, 2.75) is 6.18 Å². The van der Waals surface area contributed by atoms with Gasteiger partial charge in [-0.2, -0.15) is 13.2 Å². The van der Waals surface area contributed by atoms with Crippen molar-refractivity contribution in [1.29, 1.82) is 0 Å². The molecule has 0 spiro atoms. The second kappa shape index (κ2) is 7.53. The maximum atomic E-state index is 13.7. The summed E-state index contributed by atoms with van der Waals surface area (Å²) in [5.41, 5.74) is -1.14. The molecule has 0 aliphatic heterocycles. The van der Waals surface area contributed by atoms with E-state index in [1.54, 1.807) is 30.3 Å². The van der Waals surface area contributed by atoms with Gasteiger partial charge in [-0.15, -0.1) is 0 Å². The number of nitrogens with zero attached hydrogens (tertiary/aromatic N) is 1. The van der Waals surface area contributed by atoms with Gasteiger partial charge in [-0.1, -0.05) is 42.5 Å². The summed E-state index contributed by atoms with van der Waals surface area (Å²) in [6, 6.07) is 14.8. The van der Waals surface area contributed by atoms with Gasteiger partial charge in [0.25, 0.3) is 5.91 Å². The van der Waals surface area contributed by atoms with E-state index in [9.17, 15) is 22.4 Å². The van der Waals surface area contributed by atoms with Gasteiger partial charge in [-0.25, -0.2) is 9.24 Å². The van der Waals surface area contributed by atoms with Crippen molar-refractivity contribution in [2.75, 3.05) is 5.32 Å². The number of carbonyl (C=O) groups excluding carboxylic acids is 1. The Morgan fingerprint density at radius 3 is 2.32 bits per heavy atom. The summed E-state index contributed by atoms with van der Waals surface area (Å²) in [7, 11) is 0. The van der Waals surface area contributed by atoms with E-state index in [4.69, 9.17) is 6.57 Å². The van der Waals surface area contributed by atoms with Gasteiger partial charge < -0.3 is 5.32 Å². The van der Waals surface area contributed by atoms with Crippen LogP contribution in [0.15, 0.2) is 66.7 Å². The van der Waals surface area contributed by atoms with Crippen molar-refractivity contribution in [3.05, 3.63) is 95.1 Å². The zero-order valence-corrected chi connectivity index (χ0v) is 14.2. The Morgan fingerprint density at radius 2 is 1.68 bits per heavy atom. The van der Waals surface area contributed by atoms with Crippen LogP contribution in [-0.2, 0) is 6.18 Å². The van der Waals surface area contributed by atoms with E-state index in [2.05, 4.69) is 10.2 Å². The number of benzene rings is 3. The van der Waals surface area contributed by atoms with Gasteiger partial charge in [0.1, 0.15) is 5.82 Å². The highest BCUT2D eigenvalue weighted by Crippen LogP contribution is 2.39. The first kappa shape index (κ1) is 19.1. The fourth-order valence-corrected chi connectivity index (χ4v) is 2.70. The summed E-state index contributed by atoms with van der Waals surface area (Å²) >= 11 is 0. The molecule has 0 bridgehead atoms. The molecule has 0 aliphatic rings. The molecule has 3 aromatic rings. The predicted molar refractivity (Wildman–Crippen MR) is 97.5 cm³/mol. The summed E-state index contributed by atoms with van der Waals surface area (Å²) in [5, 5.41) is 2.59. The Kier molecular flexibility index (Phi) is 5.14. The van der Waals surface area contributed by atoms with Crippen LogP contribution in [0.25, 0.3) is 16.0 Å². The molecule has 0 heterocycles. The van der Waals surface area contributed by atoms with Crippen LogP contribution in [0.3, 0.4) is 0 Å². The van der Waals surface area contributed by atoms with E-state index in [0.29, 0.717) is 5.69 Å². The van der Waals surface area contributed by atoms with Crippen molar-refractivity contribution < 1.29 is 22.4 Å². The minimum Gasteiger partial charge on any atom is -0.322 e. The first-order chi connectivity index (χ1) is 13.3. The summed E-state index contributed by atoms with van der Waals surface area (Å²) in [6.45, 7) is 6.91. The molecule has 0 fully saturated rings. The van der Waals surface area contributed by atoms with E-state index in [-0.39, 0.29) is 16.7 Å². The lowest BCUT2D eigenvalue weighted by atomic mass is 9.96. The molecule has 7 heteroatoms.